The zero-order chi connectivity index (χ0) is 21.6. The van der Waals surface area contributed by atoms with Gasteiger partial charge < -0.3 is 14.8 Å². The van der Waals surface area contributed by atoms with Crippen molar-refractivity contribution in [1.82, 2.24) is 4.31 Å². The highest BCUT2D eigenvalue weighted by atomic mass is 35.5. The fourth-order valence-corrected chi connectivity index (χ4v) is 3.69. The number of carbonyl (C=O) groups is 1. The largest absolute Gasteiger partial charge is 0.491 e. The second-order valence-electron chi connectivity index (χ2n) is 6.10. The van der Waals surface area contributed by atoms with E-state index in [0.717, 1.165) is 4.31 Å². The summed E-state index contributed by atoms with van der Waals surface area (Å²) in [5.74, 6) is 0.479. The lowest BCUT2D eigenvalue weighted by Crippen LogP contribution is -2.22. The highest BCUT2D eigenvalue weighted by Crippen LogP contribution is 2.36. The quantitative estimate of drug-likeness (QED) is 0.636. The van der Waals surface area contributed by atoms with Crippen LogP contribution in [-0.2, 0) is 14.8 Å². The molecule has 0 aliphatic heterocycles. The Morgan fingerprint density at radius 2 is 1.97 bits per heavy atom. The SMILES string of the molecule is CCOc1cc(/C=C/C(=O)Nc2cccc(S(=O)(=O)N(C)C)c2)cc(Cl)c1OC. The van der Waals surface area contributed by atoms with Gasteiger partial charge in [0.15, 0.2) is 11.5 Å². The molecule has 0 unspecified atom stereocenters. The zero-order valence-electron chi connectivity index (χ0n) is 16.6. The number of methoxy groups -OCH3 is 1. The van der Waals surface area contributed by atoms with E-state index in [1.165, 1.54) is 39.4 Å². The van der Waals surface area contributed by atoms with Gasteiger partial charge in [0.1, 0.15) is 0 Å². The van der Waals surface area contributed by atoms with E-state index in [9.17, 15) is 13.2 Å². The predicted molar refractivity (Wildman–Crippen MR) is 114 cm³/mol. The van der Waals surface area contributed by atoms with E-state index < -0.39 is 15.9 Å². The number of hydrogen-bond acceptors (Lipinski definition) is 5. The van der Waals surface area contributed by atoms with Crippen molar-refractivity contribution in [3.63, 3.8) is 0 Å². The van der Waals surface area contributed by atoms with Gasteiger partial charge in [0.2, 0.25) is 15.9 Å². The summed E-state index contributed by atoms with van der Waals surface area (Å²) >= 11 is 6.20. The summed E-state index contributed by atoms with van der Waals surface area (Å²) in [5.41, 5.74) is 1.02. The van der Waals surface area contributed by atoms with E-state index in [4.69, 9.17) is 21.1 Å². The molecule has 29 heavy (non-hydrogen) atoms. The van der Waals surface area contributed by atoms with Gasteiger partial charge in [-0.05, 0) is 48.9 Å². The first-order valence-electron chi connectivity index (χ1n) is 8.71. The molecule has 0 heterocycles. The maximum atomic E-state index is 12.3. The molecule has 0 atom stereocenters. The molecule has 0 bridgehead atoms. The third kappa shape index (κ3) is 5.72. The molecule has 156 valence electrons. The van der Waals surface area contributed by atoms with Gasteiger partial charge in [0, 0.05) is 25.9 Å². The summed E-state index contributed by atoms with van der Waals surface area (Å²) in [6.07, 6.45) is 2.89. The van der Waals surface area contributed by atoms with Gasteiger partial charge in [-0.15, -0.1) is 0 Å². The molecule has 0 aliphatic rings. The molecule has 2 rings (SSSR count). The van der Waals surface area contributed by atoms with Crippen molar-refractivity contribution in [2.45, 2.75) is 11.8 Å². The molecule has 0 saturated carbocycles. The number of hydrogen-bond donors (Lipinski definition) is 1. The molecule has 0 aromatic heterocycles. The van der Waals surface area contributed by atoms with Crippen LogP contribution in [0, 0.1) is 0 Å². The molecule has 2 aromatic rings. The van der Waals surface area contributed by atoms with Crippen LogP contribution in [0.4, 0.5) is 5.69 Å². The Kier molecular flexibility index (Phi) is 7.66. The summed E-state index contributed by atoms with van der Waals surface area (Å²) in [4.78, 5) is 12.3. The number of benzene rings is 2. The lowest BCUT2D eigenvalue weighted by molar-refractivity contribution is -0.111. The summed E-state index contributed by atoms with van der Waals surface area (Å²) in [6.45, 7) is 2.28. The standard InChI is InChI=1S/C20H23ClN2O5S/c1-5-28-18-12-14(11-17(21)20(18)27-4)9-10-19(24)22-15-7-6-8-16(13-15)29(25,26)23(2)3/h6-13H,5H2,1-4H3,(H,22,24)/b10-9+. The lowest BCUT2D eigenvalue weighted by atomic mass is 10.2. The lowest BCUT2D eigenvalue weighted by Gasteiger charge is -2.12. The molecule has 9 heteroatoms. The molecule has 0 fully saturated rings. The molecular formula is C20H23ClN2O5S. The number of halogens is 1. The number of carbonyl (C=O) groups excluding carboxylic acids is 1. The molecule has 7 nitrogen and oxygen atoms in total. The van der Waals surface area contributed by atoms with E-state index in [1.54, 1.807) is 30.3 Å². The Labute approximate surface area is 175 Å². The number of rotatable bonds is 8. The van der Waals surface area contributed by atoms with Gasteiger partial charge in [-0.25, -0.2) is 12.7 Å². The van der Waals surface area contributed by atoms with Crippen LogP contribution in [0.25, 0.3) is 6.08 Å². The summed E-state index contributed by atoms with van der Waals surface area (Å²) in [5, 5.41) is 3.00. The Bertz CT molecular complexity index is 1020. The number of nitrogens with zero attached hydrogens (tertiary/aromatic N) is 1. The van der Waals surface area contributed by atoms with Crippen LogP contribution in [-0.4, -0.2) is 46.4 Å². The van der Waals surface area contributed by atoms with Crippen LogP contribution in [0.5, 0.6) is 11.5 Å². The van der Waals surface area contributed by atoms with Crippen LogP contribution >= 0.6 is 11.6 Å². The molecule has 1 N–H and O–H groups in total. The summed E-state index contributed by atoms with van der Waals surface area (Å²) in [7, 11) is 0.797. The summed E-state index contributed by atoms with van der Waals surface area (Å²) < 4.78 is 36.3. The smallest absolute Gasteiger partial charge is 0.248 e. The Morgan fingerprint density at radius 3 is 2.59 bits per heavy atom. The van der Waals surface area contributed by atoms with E-state index in [1.807, 2.05) is 6.92 Å². The first-order valence-corrected chi connectivity index (χ1v) is 10.5. The average molecular weight is 439 g/mol. The fourth-order valence-electron chi connectivity index (χ4n) is 2.45. The molecule has 0 spiro atoms. The van der Waals surface area contributed by atoms with Crippen LogP contribution in [0.3, 0.4) is 0 Å². The van der Waals surface area contributed by atoms with Gasteiger partial charge in [0.05, 0.1) is 23.6 Å². The number of amides is 1. The number of sulfonamides is 1. The highest BCUT2D eigenvalue weighted by Gasteiger charge is 2.17. The molecule has 0 aliphatic carbocycles. The number of anilines is 1. The van der Waals surface area contributed by atoms with Crippen molar-refractivity contribution >= 4 is 39.3 Å². The minimum atomic E-state index is -3.59. The zero-order valence-corrected chi connectivity index (χ0v) is 18.2. The van der Waals surface area contributed by atoms with Crippen molar-refractivity contribution in [3.8, 4) is 11.5 Å². The van der Waals surface area contributed by atoms with Crippen molar-refractivity contribution in [1.29, 1.82) is 0 Å². The van der Waals surface area contributed by atoms with Gasteiger partial charge >= 0.3 is 0 Å². The molecule has 2 aromatic carbocycles. The van der Waals surface area contributed by atoms with Gasteiger partial charge in [-0.2, -0.15) is 0 Å². The topological polar surface area (TPSA) is 84.9 Å². The van der Waals surface area contributed by atoms with Crippen molar-refractivity contribution in [3.05, 3.63) is 53.1 Å². The van der Waals surface area contributed by atoms with Gasteiger partial charge in [-0.3, -0.25) is 4.79 Å². The van der Waals surface area contributed by atoms with Crippen LogP contribution in [0.2, 0.25) is 5.02 Å². The maximum Gasteiger partial charge on any atom is 0.248 e. The van der Waals surface area contributed by atoms with Crippen LogP contribution in [0.15, 0.2) is 47.4 Å². The number of nitrogens with one attached hydrogen (secondary N) is 1. The maximum absolute atomic E-state index is 12.3. The van der Waals surface area contributed by atoms with Crippen molar-refractivity contribution < 1.29 is 22.7 Å². The second-order valence-corrected chi connectivity index (χ2v) is 8.66. The average Bonchev–Trinajstić information content (AvgIpc) is 2.66. The van der Waals surface area contributed by atoms with E-state index in [0.29, 0.717) is 34.4 Å². The van der Waals surface area contributed by atoms with E-state index in [2.05, 4.69) is 5.32 Å². The van der Waals surface area contributed by atoms with E-state index in [-0.39, 0.29) is 4.90 Å². The van der Waals surface area contributed by atoms with Crippen LogP contribution in [0.1, 0.15) is 12.5 Å². The summed E-state index contributed by atoms with van der Waals surface area (Å²) in [6, 6.07) is 9.40. The van der Waals surface area contributed by atoms with Crippen LogP contribution < -0.4 is 14.8 Å². The first-order chi connectivity index (χ1) is 13.7. The van der Waals surface area contributed by atoms with Crippen molar-refractivity contribution in [2.75, 3.05) is 33.1 Å². The number of ether oxygens (including phenoxy) is 2. The minimum Gasteiger partial charge on any atom is -0.491 e. The predicted octanol–water partition coefficient (Wildman–Crippen LogP) is 3.65. The Hall–Kier alpha value is -2.55. The molecule has 1 amide bonds. The molecule has 0 radical (unpaired) electrons. The minimum absolute atomic E-state index is 0.0903. The Balaban J connectivity index is 2.19. The second kappa shape index (κ2) is 9.78. The first kappa shape index (κ1) is 22.7. The van der Waals surface area contributed by atoms with Gasteiger partial charge in [-0.1, -0.05) is 17.7 Å². The van der Waals surface area contributed by atoms with E-state index >= 15 is 0 Å². The van der Waals surface area contributed by atoms with Crippen molar-refractivity contribution in [2.24, 2.45) is 0 Å². The fraction of sp³-hybridized carbons (Fsp3) is 0.250. The molecule has 0 saturated heterocycles. The third-order valence-electron chi connectivity index (χ3n) is 3.84. The Morgan fingerprint density at radius 1 is 1.24 bits per heavy atom. The third-order valence-corrected chi connectivity index (χ3v) is 5.93. The normalized spacial score (nSPS) is 11.7. The highest BCUT2D eigenvalue weighted by molar-refractivity contribution is 7.89. The monoisotopic (exact) mass is 438 g/mol. The molecular weight excluding hydrogens is 416 g/mol. The van der Waals surface area contributed by atoms with Gasteiger partial charge in [0.25, 0.3) is 0 Å².